The van der Waals surface area contributed by atoms with Gasteiger partial charge in [0.2, 0.25) is 0 Å². The Balaban J connectivity index is 1.74. The summed E-state index contributed by atoms with van der Waals surface area (Å²) in [6, 6.07) is 0.703. The molecule has 0 aromatic carbocycles. The largest absolute Gasteiger partial charge is 0.367 e. The molecule has 3 nitrogen and oxygen atoms in total. The van der Waals surface area contributed by atoms with E-state index in [2.05, 4.69) is 4.90 Å². The zero-order valence-electron chi connectivity index (χ0n) is 8.50. The van der Waals surface area contributed by atoms with Crippen molar-refractivity contribution >= 4 is 5.78 Å². The average molecular weight is 195 g/mol. The summed E-state index contributed by atoms with van der Waals surface area (Å²) in [5, 5.41) is 0. The third kappa shape index (κ3) is 1.30. The zero-order chi connectivity index (χ0) is 9.60. The fourth-order valence-corrected chi connectivity index (χ4v) is 3.29. The van der Waals surface area contributed by atoms with Crippen molar-refractivity contribution in [3.05, 3.63) is 0 Å². The molecule has 3 heterocycles. The first-order valence-corrected chi connectivity index (χ1v) is 5.67. The van der Waals surface area contributed by atoms with E-state index >= 15 is 0 Å². The molecule has 0 radical (unpaired) electrons. The van der Waals surface area contributed by atoms with Crippen LogP contribution in [0.3, 0.4) is 0 Å². The first-order valence-electron chi connectivity index (χ1n) is 5.67. The van der Waals surface area contributed by atoms with Crippen LogP contribution in [0.25, 0.3) is 0 Å². The molecule has 0 aromatic heterocycles. The van der Waals surface area contributed by atoms with Crippen molar-refractivity contribution in [2.45, 2.75) is 43.7 Å². The Kier molecular flexibility index (Phi) is 1.92. The molecule has 0 N–H and O–H groups in total. The Morgan fingerprint density at radius 3 is 3.14 bits per heavy atom. The van der Waals surface area contributed by atoms with E-state index in [4.69, 9.17) is 4.74 Å². The van der Waals surface area contributed by atoms with Crippen LogP contribution in [0.5, 0.6) is 0 Å². The number of carbonyl (C=O) groups excluding carboxylic acids is 1. The minimum absolute atomic E-state index is 0.0530. The second-order valence-electron chi connectivity index (χ2n) is 4.97. The molecular weight excluding hydrogens is 178 g/mol. The molecule has 0 aromatic rings. The number of nitrogens with zero attached hydrogens (tertiary/aromatic N) is 1. The first-order chi connectivity index (χ1) is 6.77. The fraction of sp³-hybridized carbons (Fsp3) is 0.909. The Labute approximate surface area is 84.4 Å². The van der Waals surface area contributed by atoms with Crippen molar-refractivity contribution in [1.29, 1.82) is 0 Å². The van der Waals surface area contributed by atoms with Gasteiger partial charge in [0, 0.05) is 19.0 Å². The van der Waals surface area contributed by atoms with Gasteiger partial charge in [-0.15, -0.1) is 0 Å². The van der Waals surface area contributed by atoms with E-state index in [1.165, 1.54) is 19.4 Å². The summed E-state index contributed by atoms with van der Waals surface area (Å²) in [6.07, 6.45) is 5.47. The molecule has 3 heteroatoms. The summed E-state index contributed by atoms with van der Waals surface area (Å²) in [4.78, 5) is 13.8. The maximum atomic E-state index is 11.3. The van der Waals surface area contributed by atoms with Gasteiger partial charge < -0.3 is 9.64 Å². The van der Waals surface area contributed by atoms with Gasteiger partial charge in [0.25, 0.3) is 0 Å². The van der Waals surface area contributed by atoms with E-state index in [1.807, 2.05) is 0 Å². The van der Waals surface area contributed by atoms with Crippen LogP contribution in [0.2, 0.25) is 0 Å². The highest BCUT2D eigenvalue weighted by molar-refractivity contribution is 5.82. The van der Waals surface area contributed by atoms with E-state index in [9.17, 15) is 4.79 Å². The number of hydrogen-bond donors (Lipinski definition) is 0. The Hall–Kier alpha value is -0.410. The Morgan fingerprint density at radius 1 is 1.43 bits per heavy atom. The predicted molar refractivity (Wildman–Crippen MR) is 52.1 cm³/mol. The van der Waals surface area contributed by atoms with Crippen molar-refractivity contribution in [2.75, 3.05) is 19.7 Å². The van der Waals surface area contributed by atoms with Crippen molar-refractivity contribution in [2.24, 2.45) is 0 Å². The van der Waals surface area contributed by atoms with Gasteiger partial charge in [0.15, 0.2) is 5.78 Å². The van der Waals surface area contributed by atoms with Crippen LogP contribution in [-0.4, -0.2) is 42.0 Å². The average Bonchev–Trinajstić information content (AvgIpc) is 2.74. The van der Waals surface area contributed by atoms with E-state index in [1.54, 1.807) is 0 Å². The summed E-state index contributed by atoms with van der Waals surface area (Å²) < 4.78 is 5.73. The van der Waals surface area contributed by atoms with Crippen molar-refractivity contribution in [3.8, 4) is 0 Å². The van der Waals surface area contributed by atoms with Gasteiger partial charge in [-0.1, -0.05) is 0 Å². The lowest BCUT2D eigenvalue weighted by Crippen LogP contribution is -2.47. The lowest BCUT2D eigenvalue weighted by Gasteiger charge is -2.40. The third-order valence-electron chi connectivity index (χ3n) is 4.02. The van der Waals surface area contributed by atoms with Gasteiger partial charge in [-0.05, 0) is 32.2 Å². The van der Waals surface area contributed by atoms with Crippen LogP contribution in [0.15, 0.2) is 0 Å². The lowest BCUT2D eigenvalue weighted by atomic mass is 9.84. The van der Waals surface area contributed by atoms with Crippen LogP contribution in [0.4, 0.5) is 0 Å². The number of rotatable bonds is 0. The highest BCUT2D eigenvalue weighted by atomic mass is 16.5. The molecule has 3 aliphatic heterocycles. The molecule has 3 fully saturated rings. The van der Waals surface area contributed by atoms with E-state index < -0.39 is 0 Å². The van der Waals surface area contributed by atoms with Crippen LogP contribution in [0, 0.1) is 0 Å². The molecule has 14 heavy (non-hydrogen) atoms. The number of piperidine rings is 1. The minimum Gasteiger partial charge on any atom is -0.367 e. The van der Waals surface area contributed by atoms with E-state index in [0.29, 0.717) is 24.9 Å². The number of ether oxygens (including phenoxy) is 1. The predicted octanol–water partition coefficient (Wildman–Crippen LogP) is 0.973. The molecule has 3 aliphatic rings. The molecule has 3 saturated heterocycles. The van der Waals surface area contributed by atoms with Gasteiger partial charge in [-0.3, -0.25) is 4.79 Å². The van der Waals surface area contributed by atoms with Crippen molar-refractivity contribution in [1.82, 2.24) is 4.90 Å². The van der Waals surface area contributed by atoms with E-state index in [-0.39, 0.29) is 5.60 Å². The quantitative estimate of drug-likeness (QED) is 0.577. The van der Waals surface area contributed by atoms with Crippen LogP contribution in [0.1, 0.15) is 32.1 Å². The Morgan fingerprint density at radius 2 is 2.36 bits per heavy atom. The number of carbonyl (C=O) groups is 1. The van der Waals surface area contributed by atoms with Crippen molar-refractivity contribution in [3.63, 3.8) is 0 Å². The van der Waals surface area contributed by atoms with Gasteiger partial charge in [-0.25, -0.2) is 0 Å². The molecular formula is C11H17NO2. The SMILES string of the molecule is O=C1COC2(CCN3CCCC3C2)C1. The normalized spacial score (nSPS) is 43.4. The smallest absolute Gasteiger partial charge is 0.161 e. The molecule has 0 aliphatic carbocycles. The second-order valence-corrected chi connectivity index (χ2v) is 4.97. The topological polar surface area (TPSA) is 29.5 Å². The monoisotopic (exact) mass is 195 g/mol. The van der Waals surface area contributed by atoms with Crippen LogP contribution < -0.4 is 0 Å². The summed E-state index contributed by atoms with van der Waals surface area (Å²) in [5.74, 6) is 0.302. The molecule has 78 valence electrons. The van der Waals surface area contributed by atoms with Crippen LogP contribution >= 0.6 is 0 Å². The summed E-state index contributed by atoms with van der Waals surface area (Å²) in [7, 11) is 0. The molecule has 0 amide bonds. The minimum atomic E-state index is -0.0530. The standard InChI is InChI=1S/C11H17NO2/c13-10-7-11(14-8-10)3-5-12-4-1-2-9(12)6-11/h9H,1-8H2. The number of ketones is 1. The molecule has 0 bridgehead atoms. The molecule has 2 atom stereocenters. The highest BCUT2D eigenvalue weighted by Crippen LogP contribution is 2.40. The maximum Gasteiger partial charge on any atom is 0.161 e. The third-order valence-corrected chi connectivity index (χ3v) is 4.02. The van der Waals surface area contributed by atoms with Gasteiger partial charge in [0.1, 0.15) is 6.61 Å². The highest BCUT2D eigenvalue weighted by Gasteiger charge is 2.46. The summed E-state index contributed by atoms with van der Waals surface area (Å²) in [6.45, 7) is 2.76. The van der Waals surface area contributed by atoms with Gasteiger partial charge in [0.05, 0.1) is 5.60 Å². The molecule has 0 saturated carbocycles. The summed E-state index contributed by atoms with van der Waals surface area (Å²) in [5.41, 5.74) is -0.0530. The fourth-order valence-electron chi connectivity index (χ4n) is 3.29. The van der Waals surface area contributed by atoms with Crippen LogP contribution in [-0.2, 0) is 9.53 Å². The molecule has 1 spiro atoms. The summed E-state index contributed by atoms with van der Waals surface area (Å²) >= 11 is 0. The first kappa shape index (κ1) is 8.86. The lowest BCUT2D eigenvalue weighted by molar-refractivity contribution is -0.118. The van der Waals surface area contributed by atoms with E-state index in [0.717, 1.165) is 19.4 Å². The molecule has 3 rings (SSSR count). The zero-order valence-corrected chi connectivity index (χ0v) is 8.50. The van der Waals surface area contributed by atoms with Crippen molar-refractivity contribution < 1.29 is 9.53 Å². The van der Waals surface area contributed by atoms with Gasteiger partial charge in [-0.2, -0.15) is 0 Å². The number of hydrogen-bond acceptors (Lipinski definition) is 3. The Bertz CT molecular complexity index is 266. The van der Waals surface area contributed by atoms with Gasteiger partial charge >= 0.3 is 0 Å². The number of fused-ring (bicyclic) bond motifs is 1. The second kappa shape index (κ2) is 3.04. The maximum absolute atomic E-state index is 11.3. The molecule has 2 unspecified atom stereocenters. The number of Topliss-reactive ketones (excluding diaryl/α,β-unsaturated/α-hetero) is 1.